The lowest BCUT2D eigenvalue weighted by atomic mass is 10.1. The van der Waals surface area contributed by atoms with Gasteiger partial charge < -0.3 is 14.6 Å². The first-order chi connectivity index (χ1) is 12.3. The molecule has 0 fully saturated rings. The molecule has 5 heteroatoms. The number of nitrogens with zero attached hydrogens (tertiary/aromatic N) is 1. The summed E-state index contributed by atoms with van der Waals surface area (Å²) in [6, 6.07) is 5.91. The summed E-state index contributed by atoms with van der Waals surface area (Å²) in [5.74, 6) is -0.664. The third kappa shape index (κ3) is 3.72. The summed E-state index contributed by atoms with van der Waals surface area (Å²) in [4.78, 5) is 25.4. The number of aryl methyl sites for hydroxylation is 2. The highest BCUT2D eigenvalue weighted by Crippen LogP contribution is 2.25. The van der Waals surface area contributed by atoms with Gasteiger partial charge in [0.1, 0.15) is 5.69 Å². The molecule has 2 rings (SSSR count). The van der Waals surface area contributed by atoms with Gasteiger partial charge in [0.05, 0.1) is 12.2 Å². The number of esters is 1. The quantitative estimate of drug-likeness (QED) is 0.620. The van der Waals surface area contributed by atoms with Crippen molar-refractivity contribution in [3.05, 3.63) is 64.5 Å². The van der Waals surface area contributed by atoms with Crippen molar-refractivity contribution >= 4 is 17.6 Å². The van der Waals surface area contributed by atoms with Gasteiger partial charge in [-0.3, -0.25) is 4.79 Å². The van der Waals surface area contributed by atoms with Crippen LogP contribution in [-0.2, 0) is 11.3 Å². The van der Waals surface area contributed by atoms with Gasteiger partial charge in [-0.2, -0.15) is 0 Å². The molecule has 0 aliphatic carbocycles. The molecular weight excluding hydrogens is 328 g/mol. The average Bonchev–Trinajstić information content (AvgIpc) is 2.82. The van der Waals surface area contributed by atoms with Crippen molar-refractivity contribution in [2.75, 3.05) is 11.9 Å². The van der Waals surface area contributed by atoms with Gasteiger partial charge in [-0.15, -0.1) is 6.58 Å². The number of aromatic nitrogens is 1. The van der Waals surface area contributed by atoms with Crippen LogP contribution < -0.4 is 5.32 Å². The zero-order valence-electron chi connectivity index (χ0n) is 16.1. The maximum absolute atomic E-state index is 13.0. The summed E-state index contributed by atoms with van der Waals surface area (Å²) in [5, 5.41) is 2.97. The molecule has 0 unspecified atom stereocenters. The Morgan fingerprint density at radius 3 is 2.54 bits per heavy atom. The molecule has 1 aromatic carbocycles. The minimum absolute atomic E-state index is 0.234. The molecule has 0 saturated heterocycles. The molecule has 1 aromatic heterocycles. The van der Waals surface area contributed by atoms with Crippen molar-refractivity contribution in [2.45, 2.75) is 41.2 Å². The van der Waals surface area contributed by atoms with Crippen LogP contribution >= 0.6 is 0 Å². The second-order valence-electron chi connectivity index (χ2n) is 6.33. The number of carbonyl (C=O) groups is 2. The number of rotatable bonds is 6. The van der Waals surface area contributed by atoms with Gasteiger partial charge in [-0.05, 0) is 57.4 Å². The van der Waals surface area contributed by atoms with E-state index in [2.05, 4.69) is 11.9 Å². The van der Waals surface area contributed by atoms with E-state index >= 15 is 0 Å². The van der Waals surface area contributed by atoms with Crippen LogP contribution in [0.25, 0.3) is 0 Å². The smallest absolute Gasteiger partial charge is 0.355 e. The first kappa shape index (κ1) is 19.5. The number of hydrogen-bond acceptors (Lipinski definition) is 3. The highest BCUT2D eigenvalue weighted by molar-refractivity contribution is 6.08. The van der Waals surface area contributed by atoms with Gasteiger partial charge in [0.15, 0.2) is 0 Å². The standard InChI is InChI=1S/C21H26N2O3/c1-7-11-23-16(6)18(15(5)19(23)21(25)26-8-2)20(24)22-17-12-13(3)9-10-14(17)4/h7,9-10,12H,1,8,11H2,2-6H3,(H,22,24). The Morgan fingerprint density at radius 1 is 1.23 bits per heavy atom. The van der Waals surface area contributed by atoms with E-state index < -0.39 is 5.97 Å². The number of amides is 1. The van der Waals surface area contributed by atoms with Crippen molar-refractivity contribution in [3.63, 3.8) is 0 Å². The lowest BCUT2D eigenvalue weighted by molar-refractivity contribution is 0.0513. The molecule has 0 saturated carbocycles. The summed E-state index contributed by atoms with van der Waals surface area (Å²) in [6.45, 7) is 13.7. The van der Waals surface area contributed by atoms with Crippen molar-refractivity contribution in [3.8, 4) is 0 Å². The molecule has 0 atom stereocenters. The molecule has 0 aliphatic rings. The lowest BCUT2D eigenvalue weighted by Crippen LogP contribution is -2.15. The zero-order valence-corrected chi connectivity index (χ0v) is 16.1. The molecule has 2 aromatic rings. The summed E-state index contributed by atoms with van der Waals surface area (Å²) in [7, 11) is 0. The number of ether oxygens (including phenoxy) is 1. The number of nitrogens with one attached hydrogen (secondary N) is 1. The molecule has 5 nitrogen and oxygen atoms in total. The molecule has 0 radical (unpaired) electrons. The fourth-order valence-electron chi connectivity index (χ4n) is 3.10. The number of hydrogen-bond donors (Lipinski definition) is 1. The Kier molecular flexibility index (Phi) is 6.03. The van der Waals surface area contributed by atoms with Crippen molar-refractivity contribution < 1.29 is 14.3 Å². The SMILES string of the molecule is C=CCn1c(C)c(C(=O)Nc2cc(C)ccc2C)c(C)c1C(=O)OCC. The van der Waals surface area contributed by atoms with Gasteiger partial charge in [0.25, 0.3) is 5.91 Å². The van der Waals surface area contributed by atoms with Crippen molar-refractivity contribution in [2.24, 2.45) is 0 Å². The fraction of sp³-hybridized carbons (Fsp3) is 0.333. The van der Waals surface area contributed by atoms with Gasteiger partial charge in [-0.1, -0.05) is 18.2 Å². The van der Waals surface area contributed by atoms with Gasteiger partial charge >= 0.3 is 5.97 Å². The fourth-order valence-corrected chi connectivity index (χ4v) is 3.10. The van der Waals surface area contributed by atoms with Gasteiger partial charge in [0, 0.05) is 17.9 Å². The number of anilines is 1. The Balaban J connectivity index is 2.49. The molecule has 1 N–H and O–H groups in total. The van der Waals surface area contributed by atoms with E-state index in [1.807, 2.05) is 39.0 Å². The van der Waals surface area contributed by atoms with E-state index in [0.29, 0.717) is 29.1 Å². The van der Waals surface area contributed by atoms with Crippen LogP contribution in [0.2, 0.25) is 0 Å². The minimum atomic E-state index is -0.430. The van der Waals surface area contributed by atoms with Crippen molar-refractivity contribution in [1.29, 1.82) is 0 Å². The van der Waals surface area contributed by atoms with Crippen LogP contribution in [0.3, 0.4) is 0 Å². The van der Waals surface area contributed by atoms with E-state index in [1.54, 1.807) is 24.5 Å². The average molecular weight is 354 g/mol. The third-order valence-electron chi connectivity index (χ3n) is 4.42. The Hall–Kier alpha value is -2.82. The summed E-state index contributed by atoms with van der Waals surface area (Å²) in [5.41, 5.74) is 5.04. The Bertz CT molecular complexity index is 863. The second-order valence-corrected chi connectivity index (χ2v) is 6.33. The van der Waals surface area contributed by atoms with E-state index in [9.17, 15) is 9.59 Å². The summed E-state index contributed by atoms with van der Waals surface area (Å²) < 4.78 is 6.95. The lowest BCUT2D eigenvalue weighted by Gasteiger charge is -2.10. The van der Waals surface area contributed by atoms with E-state index in [0.717, 1.165) is 16.8 Å². The van der Waals surface area contributed by atoms with E-state index in [4.69, 9.17) is 4.74 Å². The molecule has 138 valence electrons. The van der Waals surface area contributed by atoms with Crippen LogP contribution in [-0.4, -0.2) is 23.1 Å². The second kappa shape index (κ2) is 8.04. The number of carbonyl (C=O) groups excluding carboxylic acids is 2. The van der Waals surface area contributed by atoms with E-state index in [-0.39, 0.29) is 12.5 Å². The van der Waals surface area contributed by atoms with Gasteiger partial charge in [-0.25, -0.2) is 4.79 Å². The third-order valence-corrected chi connectivity index (χ3v) is 4.42. The number of benzene rings is 1. The van der Waals surface area contributed by atoms with Crippen LogP contribution in [0.4, 0.5) is 5.69 Å². The summed E-state index contributed by atoms with van der Waals surface area (Å²) >= 11 is 0. The molecule has 0 aliphatic heterocycles. The normalized spacial score (nSPS) is 10.5. The van der Waals surface area contributed by atoms with E-state index in [1.165, 1.54) is 0 Å². The Labute approximate surface area is 154 Å². The van der Waals surface area contributed by atoms with Crippen LogP contribution in [0.15, 0.2) is 30.9 Å². The number of allylic oxidation sites excluding steroid dienone is 1. The topological polar surface area (TPSA) is 60.3 Å². The van der Waals surface area contributed by atoms with Crippen LogP contribution in [0.5, 0.6) is 0 Å². The maximum atomic E-state index is 13.0. The van der Waals surface area contributed by atoms with Crippen LogP contribution in [0.1, 0.15) is 50.2 Å². The molecule has 26 heavy (non-hydrogen) atoms. The molecule has 0 spiro atoms. The predicted octanol–water partition coefficient (Wildman–Crippen LogP) is 4.34. The predicted molar refractivity (Wildman–Crippen MR) is 104 cm³/mol. The van der Waals surface area contributed by atoms with Gasteiger partial charge in [0.2, 0.25) is 0 Å². The molecular formula is C21H26N2O3. The highest BCUT2D eigenvalue weighted by atomic mass is 16.5. The first-order valence-electron chi connectivity index (χ1n) is 8.68. The Morgan fingerprint density at radius 2 is 1.92 bits per heavy atom. The highest BCUT2D eigenvalue weighted by Gasteiger charge is 2.27. The van der Waals surface area contributed by atoms with Crippen LogP contribution in [0, 0.1) is 27.7 Å². The largest absolute Gasteiger partial charge is 0.461 e. The molecule has 1 heterocycles. The molecule has 0 bridgehead atoms. The molecule has 1 amide bonds. The first-order valence-corrected chi connectivity index (χ1v) is 8.68. The summed E-state index contributed by atoms with van der Waals surface area (Å²) in [6.07, 6.45) is 1.70. The maximum Gasteiger partial charge on any atom is 0.355 e. The monoisotopic (exact) mass is 354 g/mol. The zero-order chi connectivity index (χ0) is 19.4. The minimum Gasteiger partial charge on any atom is -0.461 e. The van der Waals surface area contributed by atoms with Crippen molar-refractivity contribution in [1.82, 2.24) is 4.57 Å².